The molecule has 0 bridgehead atoms. The van der Waals surface area contributed by atoms with Gasteiger partial charge in [-0.25, -0.2) is 0 Å². The number of rotatable bonds is 9. The second kappa shape index (κ2) is 8.13. The number of likely N-dealkylation sites (tertiary alicyclic amines) is 1. The molecule has 1 aliphatic heterocycles. The Labute approximate surface area is 122 Å². The first-order valence-electron chi connectivity index (χ1n) is 8.12. The first-order chi connectivity index (χ1) is 9.81. The lowest BCUT2D eigenvalue weighted by molar-refractivity contribution is -0.131. The van der Waals surface area contributed by atoms with Crippen molar-refractivity contribution in [2.45, 2.75) is 64.8 Å². The zero-order chi connectivity index (χ0) is 14.2. The summed E-state index contributed by atoms with van der Waals surface area (Å²) in [6, 6.07) is 3.82. The van der Waals surface area contributed by atoms with E-state index in [4.69, 9.17) is 4.42 Å². The second-order valence-electron chi connectivity index (χ2n) is 5.88. The number of furan rings is 1. The molecule has 3 heteroatoms. The quantitative estimate of drug-likeness (QED) is 0.628. The SMILES string of the molecule is CCCCCCCC[C@H]1CCN(Cc2ccco2)C1=O. The van der Waals surface area contributed by atoms with Gasteiger partial charge in [0.1, 0.15) is 5.76 Å². The van der Waals surface area contributed by atoms with Crippen LogP contribution in [0.1, 0.15) is 64.1 Å². The summed E-state index contributed by atoms with van der Waals surface area (Å²) in [6.45, 7) is 3.77. The van der Waals surface area contributed by atoms with Crippen LogP contribution < -0.4 is 0 Å². The summed E-state index contributed by atoms with van der Waals surface area (Å²) >= 11 is 0. The zero-order valence-corrected chi connectivity index (χ0v) is 12.6. The summed E-state index contributed by atoms with van der Waals surface area (Å²) < 4.78 is 5.32. The van der Waals surface area contributed by atoms with Crippen molar-refractivity contribution in [3.05, 3.63) is 24.2 Å². The lowest BCUT2D eigenvalue weighted by Gasteiger charge is -2.15. The van der Waals surface area contributed by atoms with Crippen molar-refractivity contribution in [3.63, 3.8) is 0 Å². The average molecular weight is 277 g/mol. The third-order valence-corrected chi connectivity index (χ3v) is 4.24. The van der Waals surface area contributed by atoms with E-state index in [1.165, 1.54) is 38.5 Å². The topological polar surface area (TPSA) is 33.5 Å². The number of hydrogen-bond donors (Lipinski definition) is 0. The molecule has 0 radical (unpaired) electrons. The van der Waals surface area contributed by atoms with Crippen LogP contribution in [-0.2, 0) is 11.3 Å². The van der Waals surface area contributed by atoms with Crippen LogP contribution in [0.3, 0.4) is 0 Å². The molecule has 0 unspecified atom stereocenters. The maximum Gasteiger partial charge on any atom is 0.226 e. The van der Waals surface area contributed by atoms with Crippen LogP contribution in [0.2, 0.25) is 0 Å². The molecule has 0 spiro atoms. The van der Waals surface area contributed by atoms with Crippen LogP contribution in [0.4, 0.5) is 0 Å². The molecule has 1 amide bonds. The first kappa shape index (κ1) is 15.1. The molecule has 1 fully saturated rings. The Hall–Kier alpha value is -1.25. The first-order valence-corrected chi connectivity index (χ1v) is 8.12. The van der Waals surface area contributed by atoms with Crippen molar-refractivity contribution < 1.29 is 9.21 Å². The van der Waals surface area contributed by atoms with Crippen LogP contribution in [0.25, 0.3) is 0 Å². The van der Waals surface area contributed by atoms with Crippen molar-refractivity contribution in [1.29, 1.82) is 0 Å². The molecule has 1 aliphatic rings. The van der Waals surface area contributed by atoms with E-state index in [9.17, 15) is 4.79 Å². The van der Waals surface area contributed by atoms with E-state index < -0.39 is 0 Å². The molecule has 2 heterocycles. The molecular formula is C17H27NO2. The summed E-state index contributed by atoms with van der Waals surface area (Å²) in [4.78, 5) is 14.2. The molecule has 1 aromatic heterocycles. The van der Waals surface area contributed by atoms with E-state index in [1.807, 2.05) is 17.0 Å². The van der Waals surface area contributed by atoms with E-state index in [0.29, 0.717) is 12.5 Å². The highest BCUT2D eigenvalue weighted by Crippen LogP contribution is 2.25. The van der Waals surface area contributed by atoms with Crippen LogP contribution in [0.5, 0.6) is 0 Å². The monoisotopic (exact) mass is 277 g/mol. The Morgan fingerprint density at radius 1 is 1.25 bits per heavy atom. The largest absolute Gasteiger partial charge is 0.467 e. The molecular weight excluding hydrogens is 250 g/mol. The van der Waals surface area contributed by atoms with Gasteiger partial charge in [-0.15, -0.1) is 0 Å². The van der Waals surface area contributed by atoms with Crippen molar-refractivity contribution in [3.8, 4) is 0 Å². The van der Waals surface area contributed by atoms with Gasteiger partial charge in [0.15, 0.2) is 0 Å². The number of unbranched alkanes of at least 4 members (excludes halogenated alkanes) is 5. The third-order valence-electron chi connectivity index (χ3n) is 4.24. The summed E-state index contributed by atoms with van der Waals surface area (Å²) in [5, 5.41) is 0. The normalized spacial score (nSPS) is 18.9. The van der Waals surface area contributed by atoms with Crippen molar-refractivity contribution >= 4 is 5.91 Å². The molecule has 0 N–H and O–H groups in total. The van der Waals surface area contributed by atoms with Crippen LogP contribution in [0.15, 0.2) is 22.8 Å². The second-order valence-corrected chi connectivity index (χ2v) is 5.88. The summed E-state index contributed by atoms with van der Waals surface area (Å²) in [6.07, 6.45) is 11.6. The lowest BCUT2D eigenvalue weighted by Crippen LogP contribution is -2.26. The van der Waals surface area contributed by atoms with Crippen molar-refractivity contribution in [2.24, 2.45) is 5.92 Å². The minimum Gasteiger partial charge on any atom is -0.467 e. The minimum atomic E-state index is 0.260. The van der Waals surface area contributed by atoms with Gasteiger partial charge >= 0.3 is 0 Å². The van der Waals surface area contributed by atoms with E-state index in [0.717, 1.165) is 25.1 Å². The maximum atomic E-state index is 12.3. The molecule has 3 nitrogen and oxygen atoms in total. The predicted octanol–water partition coefficient (Wildman–Crippen LogP) is 4.38. The Balaban J connectivity index is 1.63. The fraction of sp³-hybridized carbons (Fsp3) is 0.706. The van der Waals surface area contributed by atoms with E-state index >= 15 is 0 Å². The number of carbonyl (C=O) groups excluding carboxylic acids is 1. The van der Waals surface area contributed by atoms with E-state index in [-0.39, 0.29) is 5.92 Å². The van der Waals surface area contributed by atoms with Gasteiger partial charge in [-0.2, -0.15) is 0 Å². The Morgan fingerprint density at radius 3 is 2.80 bits per heavy atom. The molecule has 0 saturated carbocycles. The fourth-order valence-corrected chi connectivity index (χ4v) is 2.99. The third kappa shape index (κ3) is 4.39. The zero-order valence-electron chi connectivity index (χ0n) is 12.6. The minimum absolute atomic E-state index is 0.260. The predicted molar refractivity (Wildman–Crippen MR) is 80.2 cm³/mol. The van der Waals surface area contributed by atoms with Gasteiger partial charge in [-0.05, 0) is 25.0 Å². The Morgan fingerprint density at radius 2 is 2.05 bits per heavy atom. The molecule has 1 atom stereocenters. The van der Waals surface area contributed by atoms with Crippen molar-refractivity contribution in [1.82, 2.24) is 4.90 Å². The van der Waals surface area contributed by atoms with Gasteiger partial charge in [-0.3, -0.25) is 4.79 Å². The van der Waals surface area contributed by atoms with Crippen LogP contribution in [0, 0.1) is 5.92 Å². The van der Waals surface area contributed by atoms with Crippen LogP contribution >= 0.6 is 0 Å². The lowest BCUT2D eigenvalue weighted by atomic mass is 9.99. The van der Waals surface area contributed by atoms with Gasteiger partial charge in [0, 0.05) is 12.5 Å². The Bertz CT molecular complexity index is 386. The summed E-state index contributed by atoms with van der Waals surface area (Å²) in [7, 11) is 0. The highest BCUT2D eigenvalue weighted by molar-refractivity contribution is 5.80. The van der Waals surface area contributed by atoms with Gasteiger partial charge in [0.05, 0.1) is 12.8 Å². The molecule has 20 heavy (non-hydrogen) atoms. The molecule has 0 aromatic carbocycles. The Kier molecular flexibility index (Phi) is 6.16. The highest BCUT2D eigenvalue weighted by Gasteiger charge is 2.31. The standard InChI is InChI=1S/C17H27NO2/c1-2-3-4-5-6-7-9-15-11-12-18(17(15)19)14-16-10-8-13-20-16/h8,10,13,15H,2-7,9,11-12,14H2,1H3/t15-/m0/s1. The number of carbonyl (C=O) groups is 1. The fourth-order valence-electron chi connectivity index (χ4n) is 2.99. The van der Waals surface area contributed by atoms with Crippen molar-refractivity contribution in [2.75, 3.05) is 6.54 Å². The summed E-state index contributed by atoms with van der Waals surface area (Å²) in [5.41, 5.74) is 0. The molecule has 1 saturated heterocycles. The highest BCUT2D eigenvalue weighted by atomic mass is 16.3. The average Bonchev–Trinajstić information content (AvgIpc) is 3.07. The smallest absolute Gasteiger partial charge is 0.226 e. The van der Waals surface area contributed by atoms with E-state index in [2.05, 4.69) is 6.92 Å². The maximum absolute atomic E-state index is 12.3. The van der Waals surface area contributed by atoms with Crippen LogP contribution in [-0.4, -0.2) is 17.4 Å². The van der Waals surface area contributed by atoms with Gasteiger partial charge in [0.25, 0.3) is 0 Å². The summed E-state index contributed by atoms with van der Waals surface area (Å²) in [5.74, 6) is 1.48. The molecule has 112 valence electrons. The van der Waals surface area contributed by atoms with E-state index in [1.54, 1.807) is 6.26 Å². The number of hydrogen-bond acceptors (Lipinski definition) is 2. The van der Waals surface area contributed by atoms with Gasteiger partial charge in [-0.1, -0.05) is 45.4 Å². The number of nitrogens with zero attached hydrogens (tertiary/aromatic N) is 1. The molecule has 2 rings (SSSR count). The van der Waals surface area contributed by atoms with Gasteiger partial charge in [0.2, 0.25) is 5.91 Å². The molecule has 0 aliphatic carbocycles. The van der Waals surface area contributed by atoms with Gasteiger partial charge < -0.3 is 9.32 Å². The molecule has 1 aromatic rings. The number of amides is 1.